The highest BCUT2D eigenvalue weighted by atomic mass is 32.1. The van der Waals surface area contributed by atoms with Crippen molar-refractivity contribution in [2.45, 2.75) is 13.0 Å². The molecule has 2 amide bonds. The van der Waals surface area contributed by atoms with Crippen LogP contribution in [0.5, 0.6) is 0 Å². The van der Waals surface area contributed by atoms with E-state index < -0.39 is 5.91 Å². The summed E-state index contributed by atoms with van der Waals surface area (Å²) in [5.74, 6) is -0.149. The number of nitrogens with one attached hydrogen (secondary N) is 2. The molecule has 12 heteroatoms. The molecular formula is C20H17N7O4S. The Morgan fingerprint density at radius 2 is 2.09 bits per heavy atom. The fourth-order valence-electron chi connectivity index (χ4n) is 2.72. The third-order valence-corrected chi connectivity index (χ3v) is 5.00. The Balaban J connectivity index is 1.27. The number of thiazole rings is 1. The number of nitrogens with zero attached hydrogens (tertiary/aromatic N) is 5. The van der Waals surface area contributed by atoms with Gasteiger partial charge < -0.3 is 9.73 Å². The number of carbonyl (C=O) groups is 2. The first-order valence-electron chi connectivity index (χ1n) is 9.49. The summed E-state index contributed by atoms with van der Waals surface area (Å²) in [5, 5.41) is 11.6. The van der Waals surface area contributed by atoms with Crippen molar-refractivity contribution >= 4 is 28.3 Å². The second-order valence-electron chi connectivity index (χ2n) is 6.47. The minimum atomic E-state index is -0.432. The van der Waals surface area contributed by atoms with Gasteiger partial charge in [0.1, 0.15) is 11.4 Å². The lowest BCUT2D eigenvalue weighted by molar-refractivity contribution is -0.120. The van der Waals surface area contributed by atoms with E-state index in [-0.39, 0.29) is 36.7 Å². The number of hydrogen-bond donors (Lipinski definition) is 2. The monoisotopic (exact) mass is 451 g/mol. The zero-order valence-corrected chi connectivity index (χ0v) is 17.4. The largest absolute Gasteiger partial charge is 0.463 e. The highest BCUT2D eigenvalue weighted by Crippen LogP contribution is 2.17. The minimum Gasteiger partial charge on any atom is -0.463 e. The molecule has 0 aliphatic carbocycles. The summed E-state index contributed by atoms with van der Waals surface area (Å²) in [6.07, 6.45) is 5.80. The molecule has 0 bridgehead atoms. The summed E-state index contributed by atoms with van der Waals surface area (Å²) in [6, 6.07) is 6.46. The van der Waals surface area contributed by atoms with Gasteiger partial charge in [-0.15, -0.1) is 11.3 Å². The predicted molar refractivity (Wildman–Crippen MR) is 115 cm³/mol. The van der Waals surface area contributed by atoms with Gasteiger partial charge in [0.15, 0.2) is 10.9 Å². The van der Waals surface area contributed by atoms with Crippen LogP contribution < -0.4 is 16.2 Å². The van der Waals surface area contributed by atoms with Crippen LogP contribution in [0.3, 0.4) is 0 Å². The van der Waals surface area contributed by atoms with Gasteiger partial charge in [-0.05, 0) is 18.2 Å². The first-order chi connectivity index (χ1) is 15.6. The van der Waals surface area contributed by atoms with Gasteiger partial charge in [0.25, 0.3) is 11.5 Å². The number of aromatic nitrogens is 5. The molecule has 4 rings (SSSR count). The quantitative estimate of drug-likeness (QED) is 0.408. The SMILES string of the molecule is O=C(Cc1csc(NC(=O)c2cnccn2)n1)NCCn1nc(-c2ccco2)ccc1=O. The Labute approximate surface area is 185 Å². The summed E-state index contributed by atoms with van der Waals surface area (Å²) >= 11 is 1.20. The second-order valence-corrected chi connectivity index (χ2v) is 7.33. The maximum absolute atomic E-state index is 12.2. The number of furan rings is 1. The van der Waals surface area contributed by atoms with Gasteiger partial charge in [-0.1, -0.05) is 0 Å². The molecule has 0 atom stereocenters. The van der Waals surface area contributed by atoms with E-state index in [4.69, 9.17) is 4.42 Å². The van der Waals surface area contributed by atoms with Crippen LogP contribution >= 0.6 is 11.3 Å². The number of hydrogen-bond acceptors (Lipinski definition) is 9. The lowest BCUT2D eigenvalue weighted by Crippen LogP contribution is -2.32. The second kappa shape index (κ2) is 9.75. The number of carbonyl (C=O) groups excluding carboxylic acids is 2. The molecule has 32 heavy (non-hydrogen) atoms. The summed E-state index contributed by atoms with van der Waals surface area (Å²) in [7, 11) is 0. The van der Waals surface area contributed by atoms with Crippen LogP contribution in [0.1, 0.15) is 16.2 Å². The highest BCUT2D eigenvalue weighted by Gasteiger charge is 2.12. The third-order valence-electron chi connectivity index (χ3n) is 4.20. The van der Waals surface area contributed by atoms with Crippen molar-refractivity contribution in [1.82, 2.24) is 30.0 Å². The van der Waals surface area contributed by atoms with E-state index in [0.29, 0.717) is 22.3 Å². The van der Waals surface area contributed by atoms with Crippen molar-refractivity contribution < 1.29 is 14.0 Å². The summed E-state index contributed by atoms with van der Waals surface area (Å²) < 4.78 is 6.55. The molecule has 11 nitrogen and oxygen atoms in total. The van der Waals surface area contributed by atoms with E-state index in [9.17, 15) is 14.4 Å². The number of rotatable bonds is 8. The molecule has 4 heterocycles. The van der Waals surface area contributed by atoms with Gasteiger partial charge in [-0.3, -0.25) is 24.7 Å². The van der Waals surface area contributed by atoms with Gasteiger partial charge in [0.05, 0.1) is 31.1 Å². The molecule has 0 fully saturated rings. The predicted octanol–water partition coefficient (Wildman–Crippen LogP) is 1.36. The minimum absolute atomic E-state index is 0.0340. The Morgan fingerprint density at radius 1 is 1.19 bits per heavy atom. The van der Waals surface area contributed by atoms with Gasteiger partial charge >= 0.3 is 0 Å². The highest BCUT2D eigenvalue weighted by molar-refractivity contribution is 7.14. The van der Waals surface area contributed by atoms with Crippen LogP contribution in [-0.2, 0) is 17.8 Å². The molecule has 4 aromatic rings. The van der Waals surface area contributed by atoms with E-state index >= 15 is 0 Å². The smallest absolute Gasteiger partial charge is 0.277 e. The molecule has 0 spiro atoms. The van der Waals surface area contributed by atoms with E-state index in [1.807, 2.05) is 0 Å². The number of anilines is 1. The molecule has 0 unspecified atom stereocenters. The third kappa shape index (κ3) is 5.29. The van der Waals surface area contributed by atoms with Gasteiger partial charge in [0, 0.05) is 30.4 Å². The van der Waals surface area contributed by atoms with Crippen LogP contribution in [0.15, 0.2) is 63.7 Å². The standard InChI is InChI=1S/C20H17N7O4S/c28-17(10-13-12-32-20(24-13)25-19(30)15-11-21-5-6-22-15)23-7-8-27-18(29)4-3-14(26-27)16-2-1-9-31-16/h1-6,9,11-12H,7-8,10H2,(H,23,28)(H,24,25,30). The molecule has 0 aliphatic rings. The van der Waals surface area contributed by atoms with Crippen molar-refractivity contribution in [1.29, 1.82) is 0 Å². The average Bonchev–Trinajstić information content (AvgIpc) is 3.48. The van der Waals surface area contributed by atoms with Crippen LogP contribution in [0.25, 0.3) is 11.5 Å². The zero-order valence-electron chi connectivity index (χ0n) is 16.6. The molecule has 0 aliphatic heterocycles. The maximum Gasteiger partial charge on any atom is 0.277 e. The van der Waals surface area contributed by atoms with Crippen LogP contribution in [0.2, 0.25) is 0 Å². The van der Waals surface area contributed by atoms with Crippen LogP contribution in [-0.4, -0.2) is 43.1 Å². The van der Waals surface area contributed by atoms with E-state index in [0.717, 1.165) is 0 Å². The van der Waals surface area contributed by atoms with Crippen molar-refractivity contribution in [3.63, 3.8) is 0 Å². The molecule has 2 N–H and O–H groups in total. The molecule has 0 radical (unpaired) electrons. The Bertz CT molecular complexity index is 1270. The molecule has 0 aromatic carbocycles. The average molecular weight is 451 g/mol. The van der Waals surface area contributed by atoms with Crippen LogP contribution in [0, 0.1) is 0 Å². The van der Waals surface area contributed by atoms with Crippen molar-refractivity contribution in [3.05, 3.63) is 76.2 Å². The van der Waals surface area contributed by atoms with E-state index in [1.165, 1.54) is 46.9 Å². The van der Waals surface area contributed by atoms with Gasteiger partial charge in [-0.25, -0.2) is 14.6 Å². The van der Waals surface area contributed by atoms with Crippen LogP contribution in [0.4, 0.5) is 5.13 Å². The van der Waals surface area contributed by atoms with Crippen molar-refractivity contribution in [2.75, 3.05) is 11.9 Å². The lowest BCUT2D eigenvalue weighted by Gasteiger charge is -2.07. The van der Waals surface area contributed by atoms with Crippen molar-refractivity contribution in [2.24, 2.45) is 0 Å². The molecule has 0 saturated heterocycles. The fraction of sp³-hybridized carbons (Fsp3) is 0.150. The Morgan fingerprint density at radius 3 is 2.88 bits per heavy atom. The first kappa shape index (κ1) is 21.1. The number of amides is 2. The first-order valence-corrected chi connectivity index (χ1v) is 10.4. The van der Waals surface area contributed by atoms with Gasteiger partial charge in [0.2, 0.25) is 5.91 Å². The normalized spacial score (nSPS) is 10.6. The Hall–Kier alpha value is -4.19. The Kier molecular flexibility index (Phi) is 6.41. The molecule has 0 saturated carbocycles. The summed E-state index contributed by atoms with van der Waals surface area (Å²) in [6.45, 7) is 0.420. The lowest BCUT2D eigenvalue weighted by atomic mass is 10.3. The molecular weight excluding hydrogens is 434 g/mol. The zero-order chi connectivity index (χ0) is 22.3. The van der Waals surface area contributed by atoms with Crippen molar-refractivity contribution in [3.8, 4) is 11.5 Å². The van der Waals surface area contributed by atoms with Gasteiger partial charge in [-0.2, -0.15) is 5.10 Å². The topological polar surface area (TPSA) is 145 Å². The summed E-state index contributed by atoms with van der Waals surface area (Å²) in [5.41, 5.74) is 0.927. The summed E-state index contributed by atoms with van der Waals surface area (Å²) in [4.78, 5) is 48.3. The molecule has 4 aromatic heterocycles. The van der Waals surface area contributed by atoms with E-state index in [2.05, 4.69) is 30.7 Å². The molecule has 162 valence electrons. The van der Waals surface area contributed by atoms with E-state index in [1.54, 1.807) is 23.6 Å². The maximum atomic E-state index is 12.2. The fourth-order valence-corrected chi connectivity index (χ4v) is 3.42.